The Morgan fingerprint density at radius 3 is 2.46 bits per heavy atom. The first-order chi connectivity index (χ1) is 5.88. The standard InChI is InChI=1S/C11H17NO/c1-11(2,3)7-10(13)9-5-6-12(4)8-9/h5-6,8H,7H2,1-4H3. The van der Waals surface area contributed by atoms with Gasteiger partial charge in [0, 0.05) is 31.4 Å². The molecule has 0 saturated heterocycles. The highest BCUT2D eigenvalue weighted by Gasteiger charge is 2.17. The fraction of sp³-hybridized carbons (Fsp3) is 0.545. The van der Waals surface area contributed by atoms with E-state index in [4.69, 9.17) is 0 Å². The van der Waals surface area contributed by atoms with Gasteiger partial charge in [-0.25, -0.2) is 0 Å². The molecule has 1 aromatic rings. The third kappa shape index (κ3) is 3.05. The van der Waals surface area contributed by atoms with E-state index in [0.717, 1.165) is 5.56 Å². The lowest BCUT2D eigenvalue weighted by Crippen LogP contribution is -2.12. The fourth-order valence-electron chi connectivity index (χ4n) is 1.25. The molecule has 1 rings (SSSR count). The van der Waals surface area contributed by atoms with Gasteiger partial charge in [0.25, 0.3) is 0 Å². The van der Waals surface area contributed by atoms with Crippen molar-refractivity contribution in [1.29, 1.82) is 0 Å². The topological polar surface area (TPSA) is 22.0 Å². The second-order valence-electron chi connectivity index (χ2n) is 4.73. The van der Waals surface area contributed by atoms with E-state index < -0.39 is 0 Å². The molecule has 0 aliphatic heterocycles. The Morgan fingerprint density at radius 1 is 1.46 bits per heavy atom. The molecule has 0 aliphatic carbocycles. The molecule has 0 aliphatic rings. The molecule has 13 heavy (non-hydrogen) atoms. The van der Waals surface area contributed by atoms with E-state index in [1.807, 2.05) is 30.1 Å². The van der Waals surface area contributed by atoms with Gasteiger partial charge in [-0.1, -0.05) is 20.8 Å². The highest BCUT2D eigenvalue weighted by molar-refractivity contribution is 5.96. The minimum absolute atomic E-state index is 0.0763. The molecule has 72 valence electrons. The van der Waals surface area contributed by atoms with Crippen molar-refractivity contribution in [1.82, 2.24) is 4.57 Å². The average Bonchev–Trinajstić information content (AvgIpc) is 2.31. The number of hydrogen-bond donors (Lipinski definition) is 0. The molecule has 0 atom stereocenters. The SMILES string of the molecule is Cn1ccc(C(=O)CC(C)(C)C)c1. The zero-order valence-electron chi connectivity index (χ0n) is 8.79. The predicted molar refractivity (Wildman–Crippen MR) is 53.8 cm³/mol. The van der Waals surface area contributed by atoms with E-state index in [-0.39, 0.29) is 11.2 Å². The highest BCUT2D eigenvalue weighted by Crippen LogP contribution is 2.21. The molecule has 2 nitrogen and oxygen atoms in total. The summed E-state index contributed by atoms with van der Waals surface area (Å²) in [4.78, 5) is 11.7. The summed E-state index contributed by atoms with van der Waals surface area (Å²) >= 11 is 0. The van der Waals surface area contributed by atoms with Crippen LogP contribution in [-0.2, 0) is 7.05 Å². The Bertz CT molecular complexity index is 304. The van der Waals surface area contributed by atoms with E-state index in [2.05, 4.69) is 20.8 Å². The Morgan fingerprint density at radius 2 is 2.08 bits per heavy atom. The molecule has 0 aromatic carbocycles. The highest BCUT2D eigenvalue weighted by atomic mass is 16.1. The summed E-state index contributed by atoms with van der Waals surface area (Å²) in [6.45, 7) is 6.23. The monoisotopic (exact) mass is 179 g/mol. The van der Waals surface area contributed by atoms with Crippen molar-refractivity contribution in [3.05, 3.63) is 24.0 Å². The summed E-state index contributed by atoms with van der Waals surface area (Å²) in [7, 11) is 1.92. The van der Waals surface area contributed by atoms with Crippen molar-refractivity contribution >= 4 is 5.78 Å². The molecular formula is C11H17NO. The van der Waals surface area contributed by atoms with Gasteiger partial charge in [0.15, 0.2) is 5.78 Å². The molecular weight excluding hydrogens is 162 g/mol. The summed E-state index contributed by atoms with van der Waals surface area (Å²) < 4.78 is 1.90. The maximum atomic E-state index is 11.7. The van der Waals surface area contributed by atoms with Crippen LogP contribution in [0.3, 0.4) is 0 Å². The lowest BCUT2D eigenvalue weighted by Gasteiger charge is -2.15. The number of ketones is 1. The molecule has 2 heteroatoms. The number of carbonyl (C=O) groups excluding carboxylic acids is 1. The lowest BCUT2D eigenvalue weighted by molar-refractivity contribution is 0.0940. The normalized spacial score (nSPS) is 11.7. The van der Waals surface area contributed by atoms with Crippen molar-refractivity contribution in [3.8, 4) is 0 Å². The van der Waals surface area contributed by atoms with Gasteiger partial charge in [0.2, 0.25) is 0 Å². The fourth-order valence-corrected chi connectivity index (χ4v) is 1.25. The van der Waals surface area contributed by atoms with Crippen LogP contribution in [-0.4, -0.2) is 10.4 Å². The Labute approximate surface area is 79.6 Å². The van der Waals surface area contributed by atoms with Gasteiger partial charge in [-0.15, -0.1) is 0 Å². The van der Waals surface area contributed by atoms with Crippen LogP contribution in [0.2, 0.25) is 0 Å². The largest absolute Gasteiger partial charge is 0.357 e. The summed E-state index contributed by atoms with van der Waals surface area (Å²) in [5.41, 5.74) is 0.893. The smallest absolute Gasteiger partial charge is 0.164 e. The molecule has 0 bridgehead atoms. The third-order valence-corrected chi connectivity index (χ3v) is 1.84. The van der Waals surface area contributed by atoms with E-state index in [0.29, 0.717) is 6.42 Å². The van der Waals surface area contributed by atoms with Gasteiger partial charge >= 0.3 is 0 Å². The zero-order chi connectivity index (χ0) is 10.1. The summed E-state index contributed by atoms with van der Waals surface area (Å²) in [6.07, 6.45) is 4.38. The molecule has 1 aromatic heterocycles. The Kier molecular flexibility index (Phi) is 2.60. The summed E-state index contributed by atoms with van der Waals surface area (Å²) in [5.74, 6) is 0.230. The number of nitrogens with zero attached hydrogens (tertiary/aromatic N) is 1. The number of Topliss-reactive ketones (excluding diaryl/α,β-unsaturated/α-hetero) is 1. The molecule has 0 fully saturated rings. The number of rotatable bonds is 2. The van der Waals surface area contributed by atoms with E-state index in [1.165, 1.54) is 0 Å². The molecule has 0 saturated carbocycles. The molecule has 0 N–H and O–H groups in total. The number of aryl methyl sites for hydroxylation is 1. The third-order valence-electron chi connectivity index (χ3n) is 1.84. The number of carbonyl (C=O) groups is 1. The van der Waals surface area contributed by atoms with Crippen LogP contribution in [0.5, 0.6) is 0 Å². The number of hydrogen-bond acceptors (Lipinski definition) is 1. The van der Waals surface area contributed by atoms with Crippen molar-refractivity contribution in [2.24, 2.45) is 12.5 Å². The average molecular weight is 179 g/mol. The molecule has 1 heterocycles. The van der Waals surface area contributed by atoms with Gasteiger partial charge in [-0.3, -0.25) is 4.79 Å². The molecule has 0 unspecified atom stereocenters. The van der Waals surface area contributed by atoms with E-state index in [9.17, 15) is 4.79 Å². The first kappa shape index (κ1) is 10.0. The second kappa shape index (κ2) is 3.36. The Balaban J connectivity index is 2.70. The molecule has 0 spiro atoms. The van der Waals surface area contributed by atoms with E-state index in [1.54, 1.807) is 0 Å². The quantitative estimate of drug-likeness (QED) is 0.640. The summed E-state index contributed by atoms with van der Waals surface area (Å²) in [6, 6.07) is 1.87. The van der Waals surface area contributed by atoms with Crippen LogP contribution in [0.4, 0.5) is 0 Å². The van der Waals surface area contributed by atoms with Gasteiger partial charge in [-0.2, -0.15) is 0 Å². The van der Waals surface area contributed by atoms with Gasteiger partial charge in [0.05, 0.1) is 0 Å². The van der Waals surface area contributed by atoms with Crippen LogP contribution in [0.15, 0.2) is 18.5 Å². The van der Waals surface area contributed by atoms with Gasteiger partial charge in [-0.05, 0) is 11.5 Å². The van der Waals surface area contributed by atoms with Gasteiger partial charge < -0.3 is 4.57 Å². The summed E-state index contributed by atoms with van der Waals surface area (Å²) in [5, 5.41) is 0. The predicted octanol–water partition coefficient (Wildman–Crippen LogP) is 2.64. The van der Waals surface area contributed by atoms with Crippen molar-refractivity contribution in [3.63, 3.8) is 0 Å². The molecule has 0 radical (unpaired) electrons. The first-order valence-corrected chi connectivity index (χ1v) is 4.54. The van der Waals surface area contributed by atoms with Crippen molar-refractivity contribution in [2.75, 3.05) is 0 Å². The van der Waals surface area contributed by atoms with Gasteiger partial charge in [0.1, 0.15) is 0 Å². The minimum atomic E-state index is 0.0763. The van der Waals surface area contributed by atoms with Crippen LogP contribution in [0, 0.1) is 5.41 Å². The minimum Gasteiger partial charge on any atom is -0.357 e. The number of aromatic nitrogens is 1. The maximum absolute atomic E-state index is 11.7. The van der Waals surface area contributed by atoms with Crippen molar-refractivity contribution in [2.45, 2.75) is 27.2 Å². The Hall–Kier alpha value is -1.05. The zero-order valence-corrected chi connectivity index (χ0v) is 8.79. The lowest BCUT2D eigenvalue weighted by atomic mass is 9.88. The van der Waals surface area contributed by atoms with Crippen LogP contribution < -0.4 is 0 Å². The molecule has 0 amide bonds. The van der Waals surface area contributed by atoms with Crippen LogP contribution >= 0.6 is 0 Å². The second-order valence-corrected chi connectivity index (χ2v) is 4.73. The van der Waals surface area contributed by atoms with Crippen LogP contribution in [0.25, 0.3) is 0 Å². The maximum Gasteiger partial charge on any atom is 0.164 e. The van der Waals surface area contributed by atoms with Crippen molar-refractivity contribution < 1.29 is 4.79 Å². The van der Waals surface area contributed by atoms with E-state index >= 15 is 0 Å². The first-order valence-electron chi connectivity index (χ1n) is 4.54. The van der Waals surface area contributed by atoms with Crippen LogP contribution in [0.1, 0.15) is 37.6 Å².